The van der Waals surface area contributed by atoms with E-state index in [1.54, 1.807) is 6.26 Å². The number of para-hydroxylation sites is 1. The van der Waals surface area contributed by atoms with Crippen molar-refractivity contribution in [3.8, 4) is 0 Å². The molecule has 1 heterocycles. The van der Waals surface area contributed by atoms with E-state index < -0.39 is 0 Å². The molecule has 0 saturated heterocycles. The third kappa shape index (κ3) is 3.39. The van der Waals surface area contributed by atoms with Gasteiger partial charge in [-0.05, 0) is 38.8 Å². The van der Waals surface area contributed by atoms with E-state index in [0.717, 1.165) is 16.5 Å². The number of fused-ring (bicyclic) bond motifs is 1. The van der Waals surface area contributed by atoms with Gasteiger partial charge in [-0.15, -0.1) is 0 Å². The average Bonchev–Trinajstić information content (AvgIpc) is 2.77. The van der Waals surface area contributed by atoms with Gasteiger partial charge in [0, 0.05) is 17.5 Å². The summed E-state index contributed by atoms with van der Waals surface area (Å²) in [5.41, 5.74) is 7.38. The molecule has 1 unspecified atom stereocenters. The van der Waals surface area contributed by atoms with Crippen LogP contribution in [-0.2, 0) is 11.2 Å². The standard InChI is InChI=1S/C16H22N2O2/c1-16(2,3)18-15(19)11(9-17)8-12-10-20-14-7-5-4-6-13(12)14/h4-7,10-11H,8-9,17H2,1-3H3,(H,18,19). The van der Waals surface area contributed by atoms with Crippen LogP contribution in [-0.4, -0.2) is 18.0 Å². The Morgan fingerprint density at radius 3 is 2.70 bits per heavy atom. The van der Waals surface area contributed by atoms with Crippen LogP contribution in [0.5, 0.6) is 0 Å². The van der Waals surface area contributed by atoms with Gasteiger partial charge < -0.3 is 15.5 Å². The van der Waals surface area contributed by atoms with Gasteiger partial charge in [-0.3, -0.25) is 4.79 Å². The highest BCUT2D eigenvalue weighted by Gasteiger charge is 2.23. The third-order valence-corrected chi connectivity index (χ3v) is 3.18. The first-order valence-electron chi connectivity index (χ1n) is 6.88. The summed E-state index contributed by atoms with van der Waals surface area (Å²) >= 11 is 0. The quantitative estimate of drug-likeness (QED) is 0.900. The predicted octanol–water partition coefficient (Wildman–Crippen LogP) is 2.46. The fourth-order valence-electron chi connectivity index (χ4n) is 2.21. The molecule has 1 aromatic heterocycles. The largest absolute Gasteiger partial charge is 0.464 e. The highest BCUT2D eigenvalue weighted by molar-refractivity contribution is 5.83. The molecule has 0 bridgehead atoms. The van der Waals surface area contributed by atoms with Gasteiger partial charge >= 0.3 is 0 Å². The van der Waals surface area contributed by atoms with Gasteiger partial charge in [0.2, 0.25) is 5.91 Å². The molecule has 0 aliphatic heterocycles. The molecule has 1 aromatic carbocycles. The predicted molar refractivity (Wildman–Crippen MR) is 80.4 cm³/mol. The lowest BCUT2D eigenvalue weighted by Crippen LogP contribution is -2.46. The summed E-state index contributed by atoms with van der Waals surface area (Å²) in [5.74, 6) is -0.250. The van der Waals surface area contributed by atoms with Crippen LogP contribution in [0.15, 0.2) is 34.9 Å². The fraction of sp³-hybridized carbons (Fsp3) is 0.438. The first-order valence-corrected chi connectivity index (χ1v) is 6.88. The summed E-state index contributed by atoms with van der Waals surface area (Å²) in [4.78, 5) is 12.2. The summed E-state index contributed by atoms with van der Waals surface area (Å²) < 4.78 is 5.50. The van der Waals surface area contributed by atoms with Crippen LogP contribution >= 0.6 is 0 Å². The molecule has 2 aromatic rings. The van der Waals surface area contributed by atoms with E-state index in [0.29, 0.717) is 13.0 Å². The molecular weight excluding hydrogens is 252 g/mol. The van der Waals surface area contributed by atoms with Gasteiger partial charge in [0.1, 0.15) is 5.58 Å². The van der Waals surface area contributed by atoms with E-state index in [4.69, 9.17) is 10.2 Å². The molecular formula is C16H22N2O2. The smallest absolute Gasteiger partial charge is 0.225 e. The maximum Gasteiger partial charge on any atom is 0.225 e. The molecule has 3 N–H and O–H groups in total. The Morgan fingerprint density at radius 2 is 2.05 bits per heavy atom. The molecule has 108 valence electrons. The highest BCUT2D eigenvalue weighted by Crippen LogP contribution is 2.23. The molecule has 4 nitrogen and oxygen atoms in total. The van der Waals surface area contributed by atoms with Gasteiger partial charge in [-0.25, -0.2) is 0 Å². The van der Waals surface area contributed by atoms with Crippen molar-refractivity contribution in [3.05, 3.63) is 36.1 Å². The topological polar surface area (TPSA) is 68.3 Å². The summed E-state index contributed by atoms with van der Waals surface area (Å²) in [5, 5.41) is 4.03. The SMILES string of the molecule is CC(C)(C)NC(=O)C(CN)Cc1coc2ccccc12. The number of benzene rings is 1. The van der Waals surface area contributed by atoms with Crippen LogP contribution in [0.2, 0.25) is 0 Å². The molecule has 20 heavy (non-hydrogen) atoms. The minimum absolute atomic E-state index is 0.00900. The monoisotopic (exact) mass is 274 g/mol. The number of hydrogen-bond donors (Lipinski definition) is 2. The van der Waals surface area contributed by atoms with E-state index in [1.165, 1.54) is 0 Å². The third-order valence-electron chi connectivity index (χ3n) is 3.18. The molecule has 0 radical (unpaired) electrons. The maximum atomic E-state index is 12.2. The molecule has 0 spiro atoms. The number of rotatable bonds is 4. The van der Waals surface area contributed by atoms with Gasteiger partial charge in [0.25, 0.3) is 0 Å². The number of carbonyl (C=O) groups excluding carboxylic acids is 1. The second-order valence-electron chi connectivity index (χ2n) is 6.13. The number of furan rings is 1. The Morgan fingerprint density at radius 1 is 1.35 bits per heavy atom. The van der Waals surface area contributed by atoms with Crippen molar-refractivity contribution in [3.63, 3.8) is 0 Å². The van der Waals surface area contributed by atoms with Crippen molar-refractivity contribution >= 4 is 16.9 Å². The van der Waals surface area contributed by atoms with Crippen LogP contribution in [0.25, 0.3) is 11.0 Å². The van der Waals surface area contributed by atoms with Gasteiger partial charge in [0.05, 0.1) is 12.2 Å². The Kier molecular flexibility index (Phi) is 4.14. The van der Waals surface area contributed by atoms with E-state index in [-0.39, 0.29) is 17.4 Å². The van der Waals surface area contributed by atoms with E-state index >= 15 is 0 Å². The summed E-state index contributed by atoms with van der Waals surface area (Å²) in [6, 6.07) is 7.82. The molecule has 1 amide bonds. The first-order chi connectivity index (χ1) is 9.40. The Balaban J connectivity index is 2.16. The second-order valence-corrected chi connectivity index (χ2v) is 6.13. The van der Waals surface area contributed by atoms with E-state index in [1.807, 2.05) is 45.0 Å². The molecule has 0 aliphatic carbocycles. The van der Waals surface area contributed by atoms with Crippen molar-refractivity contribution in [2.24, 2.45) is 11.7 Å². The fourth-order valence-corrected chi connectivity index (χ4v) is 2.21. The van der Waals surface area contributed by atoms with E-state index in [9.17, 15) is 4.79 Å². The average molecular weight is 274 g/mol. The van der Waals surface area contributed by atoms with Crippen molar-refractivity contribution < 1.29 is 9.21 Å². The molecule has 1 atom stereocenters. The Bertz CT molecular complexity index is 596. The molecule has 0 fully saturated rings. The number of nitrogens with one attached hydrogen (secondary N) is 1. The normalized spacial score (nSPS) is 13.4. The van der Waals surface area contributed by atoms with Crippen molar-refractivity contribution in [1.82, 2.24) is 5.32 Å². The first kappa shape index (κ1) is 14.6. The lowest BCUT2D eigenvalue weighted by atomic mass is 9.96. The summed E-state index contributed by atoms with van der Waals surface area (Å²) in [6.45, 7) is 6.21. The van der Waals surface area contributed by atoms with Crippen molar-refractivity contribution in [2.75, 3.05) is 6.54 Å². The lowest BCUT2D eigenvalue weighted by Gasteiger charge is -2.24. The van der Waals surface area contributed by atoms with Crippen LogP contribution in [0.1, 0.15) is 26.3 Å². The van der Waals surface area contributed by atoms with Crippen molar-refractivity contribution in [2.45, 2.75) is 32.7 Å². The minimum atomic E-state index is -0.247. The number of nitrogens with two attached hydrogens (primary N) is 1. The number of carbonyl (C=O) groups is 1. The molecule has 0 saturated carbocycles. The summed E-state index contributed by atoms with van der Waals surface area (Å²) in [7, 11) is 0. The van der Waals surface area contributed by atoms with Crippen LogP contribution in [0.3, 0.4) is 0 Å². The van der Waals surface area contributed by atoms with E-state index in [2.05, 4.69) is 5.32 Å². The second kappa shape index (κ2) is 5.67. The van der Waals surface area contributed by atoms with Gasteiger partial charge in [-0.2, -0.15) is 0 Å². The zero-order valence-electron chi connectivity index (χ0n) is 12.3. The van der Waals surface area contributed by atoms with Crippen LogP contribution in [0, 0.1) is 5.92 Å². The number of amides is 1. The summed E-state index contributed by atoms with van der Waals surface area (Å²) in [6.07, 6.45) is 2.31. The lowest BCUT2D eigenvalue weighted by molar-refractivity contribution is -0.126. The minimum Gasteiger partial charge on any atom is -0.464 e. The number of hydrogen-bond acceptors (Lipinski definition) is 3. The van der Waals surface area contributed by atoms with Gasteiger partial charge in [-0.1, -0.05) is 18.2 Å². The molecule has 0 aliphatic rings. The maximum absolute atomic E-state index is 12.2. The zero-order chi connectivity index (χ0) is 14.8. The van der Waals surface area contributed by atoms with Crippen LogP contribution < -0.4 is 11.1 Å². The Hall–Kier alpha value is -1.81. The van der Waals surface area contributed by atoms with Crippen LogP contribution in [0.4, 0.5) is 0 Å². The molecule has 2 rings (SSSR count). The Labute approximate surface area is 119 Å². The van der Waals surface area contributed by atoms with Crippen molar-refractivity contribution in [1.29, 1.82) is 0 Å². The van der Waals surface area contributed by atoms with Gasteiger partial charge in [0.15, 0.2) is 0 Å². The highest BCUT2D eigenvalue weighted by atomic mass is 16.3. The molecule has 4 heteroatoms. The zero-order valence-corrected chi connectivity index (χ0v) is 12.3.